The molecule has 27 heavy (non-hydrogen) atoms. The monoisotopic (exact) mass is 371 g/mol. The Kier molecular flexibility index (Phi) is 4.51. The minimum absolute atomic E-state index is 0.0652. The first kappa shape index (κ1) is 18.8. The first-order valence-corrected chi connectivity index (χ1v) is 10.6. The summed E-state index contributed by atoms with van der Waals surface area (Å²) in [7, 11) is 0. The van der Waals surface area contributed by atoms with Gasteiger partial charge < -0.3 is 9.94 Å². The Morgan fingerprint density at radius 2 is 1.85 bits per heavy atom. The summed E-state index contributed by atoms with van der Waals surface area (Å²) in [5.41, 5.74) is 3.99. The van der Waals surface area contributed by atoms with Crippen LogP contribution in [0.15, 0.2) is 28.5 Å². The van der Waals surface area contributed by atoms with Gasteiger partial charge in [-0.15, -0.1) is 0 Å². The Bertz CT molecular complexity index is 736. The maximum absolute atomic E-state index is 11.4. The summed E-state index contributed by atoms with van der Waals surface area (Å²) in [6, 6.07) is 0. The average Bonchev–Trinajstić information content (AvgIpc) is 2.98. The number of carbonyl (C=O) groups excluding carboxylic acids is 1. The second-order valence-corrected chi connectivity index (χ2v) is 9.73. The molecule has 0 spiro atoms. The van der Waals surface area contributed by atoms with Crippen LogP contribution in [0.3, 0.4) is 0 Å². The highest BCUT2D eigenvalue weighted by molar-refractivity contribution is 5.99. The standard InChI is InChI=1S/C23H33NO3/c1-14(24-26)19-7-8-20-18-6-5-16-13-17(27-15(2)25)9-11-22(16,3)21(18)10-12-23(19,20)4/h5,7,17-18,20-21,26H,6,8-13H2,1-4H3/b24-14-/t17-,18+,20-,21-,22-,23+/m0/s1. The summed E-state index contributed by atoms with van der Waals surface area (Å²) in [6.07, 6.45) is 12.6. The summed E-state index contributed by atoms with van der Waals surface area (Å²) in [4.78, 5) is 11.4. The maximum atomic E-state index is 11.4. The number of oxime groups is 1. The van der Waals surface area contributed by atoms with Crippen molar-refractivity contribution in [3.63, 3.8) is 0 Å². The predicted octanol–water partition coefficient (Wildman–Crippen LogP) is 5.27. The van der Waals surface area contributed by atoms with E-state index < -0.39 is 0 Å². The number of fused-ring (bicyclic) bond motifs is 5. The second-order valence-electron chi connectivity index (χ2n) is 9.73. The van der Waals surface area contributed by atoms with E-state index in [0.717, 1.165) is 37.8 Å². The van der Waals surface area contributed by atoms with Crippen LogP contribution in [0.25, 0.3) is 0 Å². The molecule has 2 fully saturated rings. The molecule has 0 aromatic carbocycles. The van der Waals surface area contributed by atoms with Crippen molar-refractivity contribution in [2.45, 2.75) is 78.7 Å². The molecule has 4 aliphatic rings. The van der Waals surface area contributed by atoms with E-state index in [1.54, 1.807) is 0 Å². The largest absolute Gasteiger partial charge is 0.462 e. The number of allylic oxidation sites excluding steroid dienone is 3. The van der Waals surface area contributed by atoms with Gasteiger partial charge in [0.2, 0.25) is 0 Å². The van der Waals surface area contributed by atoms with Gasteiger partial charge in [-0.25, -0.2) is 0 Å². The zero-order chi connectivity index (χ0) is 19.4. The topological polar surface area (TPSA) is 58.9 Å². The van der Waals surface area contributed by atoms with E-state index >= 15 is 0 Å². The molecule has 0 aromatic heterocycles. The van der Waals surface area contributed by atoms with E-state index in [1.165, 1.54) is 30.9 Å². The molecule has 0 radical (unpaired) electrons. The number of esters is 1. The average molecular weight is 372 g/mol. The summed E-state index contributed by atoms with van der Waals surface area (Å²) in [5.74, 6) is 1.90. The molecule has 0 aliphatic heterocycles. The zero-order valence-corrected chi connectivity index (χ0v) is 17.1. The lowest BCUT2D eigenvalue weighted by molar-refractivity contribution is -0.148. The third kappa shape index (κ3) is 2.78. The third-order valence-electron chi connectivity index (χ3n) is 8.51. The van der Waals surface area contributed by atoms with Crippen molar-refractivity contribution in [3.8, 4) is 0 Å². The third-order valence-corrected chi connectivity index (χ3v) is 8.51. The lowest BCUT2D eigenvalue weighted by Gasteiger charge is -2.57. The van der Waals surface area contributed by atoms with Gasteiger partial charge in [-0.05, 0) is 79.6 Å². The van der Waals surface area contributed by atoms with Gasteiger partial charge >= 0.3 is 5.97 Å². The molecule has 4 nitrogen and oxygen atoms in total. The highest BCUT2D eigenvalue weighted by Gasteiger charge is 2.57. The summed E-state index contributed by atoms with van der Waals surface area (Å²) in [5, 5.41) is 12.8. The first-order chi connectivity index (χ1) is 12.8. The van der Waals surface area contributed by atoms with Gasteiger partial charge in [-0.3, -0.25) is 4.79 Å². The van der Waals surface area contributed by atoms with Crippen molar-refractivity contribution in [1.82, 2.24) is 0 Å². The maximum Gasteiger partial charge on any atom is 0.302 e. The quantitative estimate of drug-likeness (QED) is 0.237. The summed E-state index contributed by atoms with van der Waals surface area (Å²) < 4.78 is 5.53. The SMILES string of the molecule is CC(=O)O[C@H]1CC[C@@]2(C)C(=CC[C@H]3[C@@H]2CC[C@]2(C)C(/C(C)=N\O)=CC[C@@H]32)C1. The number of nitrogens with zero attached hydrogens (tertiary/aromatic N) is 1. The van der Waals surface area contributed by atoms with Crippen LogP contribution in [0.5, 0.6) is 0 Å². The fourth-order valence-electron chi connectivity index (χ4n) is 7.14. The van der Waals surface area contributed by atoms with Crippen molar-refractivity contribution < 1.29 is 14.7 Å². The van der Waals surface area contributed by atoms with Gasteiger partial charge in [-0.1, -0.05) is 36.7 Å². The molecule has 0 unspecified atom stereocenters. The molecule has 0 bridgehead atoms. The minimum atomic E-state index is -0.156. The molecule has 0 aromatic rings. The molecule has 6 atom stereocenters. The fourth-order valence-corrected chi connectivity index (χ4v) is 7.14. The molecule has 2 saturated carbocycles. The van der Waals surface area contributed by atoms with E-state index in [2.05, 4.69) is 31.2 Å². The van der Waals surface area contributed by atoms with Crippen molar-refractivity contribution in [2.24, 2.45) is 33.7 Å². The lowest BCUT2D eigenvalue weighted by Crippen LogP contribution is -2.50. The Balaban J connectivity index is 1.59. The number of hydrogen-bond donors (Lipinski definition) is 1. The van der Waals surface area contributed by atoms with Crippen LogP contribution in [0.4, 0.5) is 0 Å². The Labute approximate surface area is 162 Å². The van der Waals surface area contributed by atoms with Gasteiger partial charge in [-0.2, -0.15) is 0 Å². The van der Waals surface area contributed by atoms with Crippen LogP contribution in [0.1, 0.15) is 72.6 Å². The fraction of sp³-hybridized carbons (Fsp3) is 0.739. The molecule has 4 rings (SSSR count). The number of rotatable bonds is 2. The molecule has 0 amide bonds. The summed E-state index contributed by atoms with van der Waals surface area (Å²) >= 11 is 0. The highest BCUT2D eigenvalue weighted by atomic mass is 16.5. The van der Waals surface area contributed by atoms with E-state index in [4.69, 9.17) is 4.74 Å². The van der Waals surface area contributed by atoms with Crippen LogP contribution in [0, 0.1) is 28.6 Å². The van der Waals surface area contributed by atoms with Crippen LogP contribution in [0.2, 0.25) is 0 Å². The van der Waals surface area contributed by atoms with E-state index in [-0.39, 0.29) is 22.9 Å². The smallest absolute Gasteiger partial charge is 0.302 e. The lowest BCUT2D eigenvalue weighted by atomic mass is 9.47. The van der Waals surface area contributed by atoms with E-state index in [1.807, 2.05) is 6.92 Å². The van der Waals surface area contributed by atoms with Gasteiger partial charge in [0.15, 0.2) is 0 Å². The molecule has 0 saturated heterocycles. The molecule has 4 heteroatoms. The van der Waals surface area contributed by atoms with E-state index in [9.17, 15) is 10.0 Å². The van der Waals surface area contributed by atoms with Crippen LogP contribution in [-0.2, 0) is 9.53 Å². The molecule has 1 N–H and O–H groups in total. The van der Waals surface area contributed by atoms with Crippen molar-refractivity contribution >= 4 is 11.7 Å². The van der Waals surface area contributed by atoms with Crippen LogP contribution < -0.4 is 0 Å². The molecular weight excluding hydrogens is 338 g/mol. The normalized spacial score (nSPS) is 43.8. The molecular formula is C23H33NO3. The second kappa shape index (κ2) is 6.49. The van der Waals surface area contributed by atoms with E-state index in [0.29, 0.717) is 17.8 Å². The predicted molar refractivity (Wildman–Crippen MR) is 106 cm³/mol. The van der Waals surface area contributed by atoms with Crippen LogP contribution >= 0.6 is 0 Å². The Hall–Kier alpha value is -1.58. The Morgan fingerprint density at radius 1 is 1.11 bits per heavy atom. The van der Waals surface area contributed by atoms with Gasteiger partial charge in [0.25, 0.3) is 0 Å². The zero-order valence-electron chi connectivity index (χ0n) is 17.1. The van der Waals surface area contributed by atoms with Crippen molar-refractivity contribution in [1.29, 1.82) is 0 Å². The Morgan fingerprint density at radius 3 is 2.56 bits per heavy atom. The van der Waals surface area contributed by atoms with Gasteiger partial charge in [0.05, 0.1) is 5.71 Å². The van der Waals surface area contributed by atoms with Gasteiger partial charge in [0, 0.05) is 13.3 Å². The van der Waals surface area contributed by atoms with Crippen molar-refractivity contribution in [2.75, 3.05) is 0 Å². The minimum Gasteiger partial charge on any atom is -0.462 e. The number of ether oxygens (including phenoxy) is 1. The molecule has 148 valence electrons. The van der Waals surface area contributed by atoms with Crippen LogP contribution in [-0.4, -0.2) is 23.0 Å². The first-order valence-electron chi connectivity index (χ1n) is 10.6. The summed E-state index contributed by atoms with van der Waals surface area (Å²) in [6.45, 7) is 8.30. The number of carbonyl (C=O) groups is 1. The molecule has 4 aliphatic carbocycles. The van der Waals surface area contributed by atoms with Gasteiger partial charge in [0.1, 0.15) is 6.10 Å². The highest BCUT2D eigenvalue weighted by Crippen LogP contribution is 2.65. The number of hydrogen-bond acceptors (Lipinski definition) is 4. The van der Waals surface area contributed by atoms with Crippen molar-refractivity contribution in [3.05, 3.63) is 23.3 Å². The molecule has 0 heterocycles.